The zero-order valence-electron chi connectivity index (χ0n) is 15.4. The van der Waals surface area contributed by atoms with Gasteiger partial charge >= 0.3 is 6.03 Å². The van der Waals surface area contributed by atoms with E-state index in [0.717, 1.165) is 44.0 Å². The number of nitrogens with one attached hydrogen (secondary N) is 1. The minimum Gasteiger partial charge on any atom is -0.494 e. The first-order chi connectivity index (χ1) is 12.7. The van der Waals surface area contributed by atoms with E-state index in [0.29, 0.717) is 13.2 Å². The molecular formula is C21H27N3O2. The molecular weight excluding hydrogens is 326 g/mol. The van der Waals surface area contributed by atoms with Gasteiger partial charge in [-0.15, -0.1) is 0 Å². The maximum atomic E-state index is 12.4. The average Bonchev–Trinajstić information content (AvgIpc) is 2.69. The van der Waals surface area contributed by atoms with Gasteiger partial charge in [-0.25, -0.2) is 4.79 Å². The number of amides is 2. The van der Waals surface area contributed by atoms with E-state index in [-0.39, 0.29) is 6.03 Å². The smallest absolute Gasteiger partial charge is 0.317 e. The van der Waals surface area contributed by atoms with Crippen LogP contribution in [0.3, 0.4) is 0 Å². The van der Waals surface area contributed by atoms with Gasteiger partial charge in [0.05, 0.1) is 6.61 Å². The molecule has 1 aliphatic rings. The molecule has 1 heterocycles. The highest BCUT2D eigenvalue weighted by molar-refractivity contribution is 5.74. The summed E-state index contributed by atoms with van der Waals surface area (Å²) in [7, 11) is 0. The number of piperazine rings is 1. The van der Waals surface area contributed by atoms with Gasteiger partial charge < -0.3 is 15.0 Å². The Morgan fingerprint density at radius 1 is 0.962 bits per heavy atom. The highest BCUT2D eigenvalue weighted by Crippen LogP contribution is 2.12. The zero-order chi connectivity index (χ0) is 18.2. The molecule has 2 aromatic rings. The topological polar surface area (TPSA) is 44.8 Å². The molecule has 0 atom stereocenters. The first kappa shape index (κ1) is 18.3. The van der Waals surface area contributed by atoms with Crippen LogP contribution in [0.5, 0.6) is 5.75 Å². The standard InChI is InChI=1S/C21H27N3O2/c1-2-26-20-10-8-18(9-11-20)16-22-21(25)24-14-12-23(13-15-24)17-19-6-4-3-5-7-19/h3-11H,2,12-17H2,1H3,(H,22,25). The second kappa shape index (κ2) is 9.25. The molecule has 0 spiro atoms. The Balaban J connectivity index is 1.40. The summed E-state index contributed by atoms with van der Waals surface area (Å²) in [6, 6.07) is 18.3. The molecule has 0 aromatic heterocycles. The number of hydrogen-bond acceptors (Lipinski definition) is 3. The van der Waals surface area contributed by atoms with Crippen molar-refractivity contribution in [1.29, 1.82) is 0 Å². The van der Waals surface area contributed by atoms with Crippen LogP contribution in [0.15, 0.2) is 54.6 Å². The van der Waals surface area contributed by atoms with E-state index in [1.807, 2.05) is 42.2 Å². The van der Waals surface area contributed by atoms with Gasteiger partial charge in [-0.2, -0.15) is 0 Å². The fourth-order valence-corrected chi connectivity index (χ4v) is 3.11. The number of hydrogen-bond donors (Lipinski definition) is 1. The lowest BCUT2D eigenvalue weighted by Crippen LogP contribution is -2.51. The van der Waals surface area contributed by atoms with Crippen LogP contribution in [0, 0.1) is 0 Å². The number of nitrogens with zero attached hydrogens (tertiary/aromatic N) is 2. The summed E-state index contributed by atoms with van der Waals surface area (Å²) >= 11 is 0. The molecule has 26 heavy (non-hydrogen) atoms. The molecule has 0 aliphatic carbocycles. The third-order valence-corrected chi connectivity index (χ3v) is 4.59. The molecule has 2 amide bonds. The summed E-state index contributed by atoms with van der Waals surface area (Å²) in [6.07, 6.45) is 0. The van der Waals surface area contributed by atoms with Crippen molar-refractivity contribution in [3.8, 4) is 5.75 Å². The Morgan fingerprint density at radius 2 is 1.65 bits per heavy atom. The summed E-state index contributed by atoms with van der Waals surface area (Å²) in [5, 5.41) is 3.01. The lowest BCUT2D eigenvalue weighted by Gasteiger charge is -2.34. The van der Waals surface area contributed by atoms with Gasteiger partial charge in [-0.3, -0.25) is 4.90 Å². The van der Waals surface area contributed by atoms with Crippen LogP contribution in [0.1, 0.15) is 18.1 Å². The number of ether oxygens (including phenoxy) is 1. The summed E-state index contributed by atoms with van der Waals surface area (Å²) in [6.45, 7) is 7.46. The molecule has 0 unspecified atom stereocenters. The van der Waals surface area contributed by atoms with Gasteiger partial charge in [-0.05, 0) is 30.2 Å². The van der Waals surface area contributed by atoms with E-state index in [9.17, 15) is 4.79 Å². The van der Waals surface area contributed by atoms with Gasteiger partial charge in [0.15, 0.2) is 0 Å². The first-order valence-electron chi connectivity index (χ1n) is 9.25. The predicted octanol–water partition coefficient (Wildman–Crippen LogP) is 3.11. The Morgan fingerprint density at radius 3 is 2.31 bits per heavy atom. The molecule has 5 heteroatoms. The monoisotopic (exact) mass is 353 g/mol. The minimum atomic E-state index is 0.0123. The number of carbonyl (C=O) groups is 1. The Kier molecular flexibility index (Phi) is 6.50. The van der Waals surface area contributed by atoms with Gasteiger partial charge in [0, 0.05) is 39.3 Å². The van der Waals surface area contributed by atoms with E-state index >= 15 is 0 Å². The maximum absolute atomic E-state index is 12.4. The molecule has 1 aliphatic heterocycles. The van der Waals surface area contributed by atoms with E-state index < -0.39 is 0 Å². The SMILES string of the molecule is CCOc1ccc(CNC(=O)N2CCN(Cc3ccccc3)CC2)cc1. The van der Waals surface area contributed by atoms with E-state index in [4.69, 9.17) is 4.74 Å². The summed E-state index contributed by atoms with van der Waals surface area (Å²) in [5.74, 6) is 0.858. The van der Waals surface area contributed by atoms with Crippen molar-refractivity contribution in [3.63, 3.8) is 0 Å². The quantitative estimate of drug-likeness (QED) is 0.868. The maximum Gasteiger partial charge on any atom is 0.317 e. The number of rotatable bonds is 6. The molecule has 3 rings (SSSR count). The molecule has 1 N–H and O–H groups in total. The minimum absolute atomic E-state index is 0.0123. The van der Waals surface area contributed by atoms with Gasteiger partial charge in [0.1, 0.15) is 5.75 Å². The average molecular weight is 353 g/mol. The van der Waals surface area contributed by atoms with Crippen molar-refractivity contribution in [2.24, 2.45) is 0 Å². The fraction of sp³-hybridized carbons (Fsp3) is 0.381. The van der Waals surface area contributed by atoms with E-state index in [1.165, 1.54) is 5.56 Å². The summed E-state index contributed by atoms with van der Waals surface area (Å²) in [4.78, 5) is 16.7. The second-order valence-corrected chi connectivity index (χ2v) is 6.48. The third kappa shape index (κ3) is 5.23. The predicted molar refractivity (Wildman–Crippen MR) is 103 cm³/mol. The van der Waals surface area contributed by atoms with Crippen LogP contribution < -0.4 is 10.1 Å². The van der Waals surface area contributed by atoms with Crippen LogP contribution in [-0.2, 0) is 13.1 Å². The molecule has 0 radical (unpaired) electrons. The second-order valence-electron chi connectivity index (χ2n) is 6.48. The molecule has 138 valence electrons. The fourth-order valence-electron chi connectivity index (χ4n) is 3.11. The van der Waals surface area contributed by atoms with Crippen LogP contribution in [0.4, 0.5) is 4.79 Å². The Hall–Kier alpha value is -2.53. The summed E-state index contributed by atoms with van der Waals surface area (Å²) in [5.41, 5.74) is 2.39. The Bertz CT molecular complexity index is 680. The zero-order valence-corrected chi connectivity index (χ0v) is 15.4. The molecule has 2 aromatic carbocycles. The van der Waals surface area contributed by atoms with Crippen LogP contribution in [0.25, 0.3) is 0 Å². The lowest BCUT2D eigenvalue weighted by atomic mass is 10.2. The van der Waals surface area contributed by atoms with Crippen molar-refractivity contribution in [2.75, 3.05) is 32.8 Å². The largest absolute Gasteiger partial charge is 0.494 e. The van der Waals surface area contributed by atoms with Crippen molar-refractivity contribution in [3.05, 3.63) is 65.7 Å². The normalized spacial score (nSPS) is 14.9. The molecule has 5 nitrogen and oxygen atoms in total. The van der Waals surface area contributed by atoms with E-state index in [1.54, 1.807) is 0 Å². The third-order valence-electron chi connectivity index (χ3n) is 4.59. The van der Waals surface area contributed by atoms with Crippen molar-refractivity contribution in [1.82, 2.24) is 15.1 Å². The van der Waals surface area contributed by atoms with Gasteiger partial charge in [0.2, 0.25) is 0 Å². The molecule has 0 saturated carbocycles. The molecule has 1 fully saturated rings. The molecule has 1 saturated heterocycles. The van der Waals surface area contributed by atoms with Crippen LogP contribution >= 0.6 is 0 Å². The van der Waals surface area contributed by atoms with Crippen molar-refractivity contribution >= 4 is 6.03 Å². The van der Waals surface area contributed by atoms with E-state index in [2.05, 4.69) is 34.5 Å². The Labute approximate surface area is 155 Å². The van der Waals surface area contributed by atoms with Crippen LogP contribution in [0.2, 0.25) is 0 Å². The number of urea groups is 1. The highest BCUT2D eigenvalue weighted by Gasteiger charge is 2.20. The highest BCUT2D eigenvalue weighted by atomic mass is 16.5. The van der Waals surface area contributed by atoms with Gasteiger partial charge in [-0.1, -0.05) is 42.5 Å². The summed E-state index contributed by atoms with van der Waals surface area (Å²) < 4.78 is 5.43. The van der Waals surface area contributed by atoms with Crippen molar-refractivity contribution in [2.45, 2.75) is 20.0 Å². The van der Waals surface area contributed by atoms with Gasteiger partial charge in [0.25, 0.3) is 0 Å². The van der Waals surface area contributed by atoms with Crippen LogP contribution in [-0.4, -0.2) is 48.6 Å². The number of benzene rings is 2. The number of carbonyl (C=O) groups excluding carboxylic acids is 1. The first-order valence-corrected chi connectivity index (χ1v) is 9.25. The van der Waals surface area contributed by atoms with Crippen molar-refractivity contribution < 1.29 is 9.53 Å². The molecule has 0 bridgehead atoms. The lowest BCUT2D eigenvalue weighted by molar-refractivity contribution is 0.135.